The second-order valence-corrected chi connectivity index (χ2v) is 11.1. The quantitative estimate of drug-likeness (QED) is 0.507. The molecule has 0 aromatic rings. The Morgan fingerprint density at radius 2 is 1.15 bits per heavy atom. The fraction of sp³-hybridized carbons (Fsp3) is 1.00. The van der Waals surface area contributed by atoms with Crippen molar-refractivity contribution in [1.82, 2.24) is 4.90 Å². The molecule has 0 rings (SSSR count). The molecule has 0 fully saturated rings. The third-order valence-corrected chi connectivity index (χ3v) is 10.5. The molecule has 20 heavy (non-hydrogen) atoms. The van der Waals surface area contributed by atoms with Crippen LogP contribution < -0.4 is 0 Å². The van der Waals surface area contributed by atoms with Gasteiger partial charge in [0.1, 0.15) is 0 Å². The van der Waals surface area contributed by atoms with E-state index in [9.17, 15) is 0 Å². The average molecular weight is 326 g/mol. The van der Waals surface area contributed by atoms with Crippen molar-refractivity contribution in [3.63, 3.8) is 0 Å². The van der Waals surface area contributed by atoms with Crippen molar-refractivity contribution in [2.75, 3.05) is 54.8 Å². The van der Waals surface area contributed by atoms with Crippen LogP contribution in [0.15, 0.2) is 0 Å². The van der Waals surface area contributed by atoms with Gasteiger partial charge in [0.25, 0.3) is 0 Å². The molecule has 0 atom stereocenters. The summed E-state index contributed by atoms with van der Waals surface area (Å²) < 4.78 is 28.0. The Bertz CT molecular complexity index is 238. The van der Waals surface area contributed by atoms with Crippen LogP contribution in [0.25, 0.3) is 0 Å². The summed E-state index contributed by atoms with van der Waals surface area (Å²) in [6, 6.07) is 1.49. The molecule has 0 heterocycles. The highest BCUT2D eigenvalue weighted by molar-refractivity contribution is 6.70. The lowest BCUT2D eigenvalue weighted by atomic mass is 10.6. The summed E-state index contributed by atoms with van der Waals surface area (Å²) in [4.78, 5) is 2.33. The van der Waals surface area contributed by atoms with Gasteiger partial charge in [-0.3, -0.25) is 0 Å². The van der Waals surface area contributed by atoms with E-state index < -0.39 is 17.4 Å². The number of hydrogen-bond acceptors (Lipinski definition) is 6. The summed E-state index contributed by atoms with van der Waals surface area (Å²) in [5.74, 6) is 0. The van der Waals surface area contributed by atoms with Gasteiger partial charge in [0.2, 0.25) is 0 Å². The van der Waals surface area contributed by atoms with Crippen LogP contribution in [0.2, 0.25) is 12.1 Å². The van der Waals surface area contributed by atoms with Crippen LogP contribution in [0, 0.1) is 0 Å². The van der Waals surface area contributed by atoms with Crippen LogP contribution in [0.3, 0.4) is 0 Å². The molecule has 6 nitrogen and oxygen atoms in total. The predicted molar refractivity (Wildman–Crippen MR) is 84.0 cm³/mol. The maximum atomic E-state index is 5.78. The molecule has 0 aliphatic heterocycles. The first kappa shape index (κ1) is 20.2. The van der Waals surface area contributed by atoms with Crippen molar-refractivity contribution in [3.8, 4) is 0 Å². The van der Waals surface area contributed by atoms with Crippen molar-refractivity contribution in [3.05, 3.63) is 0 Å². The van der Waals surface area contributed by atoms with Crippen molar-refractivity contribution < 1.29 is 22.1 Å². The summed E-state index contributed by atoms with van der Waals surface area (Å²) in [5.41, 5.74) is 0. The predicted octanol–water partition coefficient (Wildman–Crippen LogP) is 1.48. The Morgan fingerprint density at radius 1 is 0.700 bits per heavy atom. The Hall–Kier alpha value is 0.194. The maximum absolute atomic E-state index is 5.78. The van der Waals surface area contributed by atoms with Crippen LogP contribution in [-0.2, 0) is 22.1 Å². The fourth-order valence-electron chi connectivity index (χ4n) is 2.18. The molecular weight excluding hydrogens is 294 g/mol. The van der Waals surface area contributed by atoms with Gasteiger partial charge in [-0.25, -0.2) is 0 Å². The number of nitrogens with zero attached hydrogens (tertiary/aromatic N) is 1. The largest absolute Gasteiger partial charge is 0.500 e. The molecule has 0 aliphatic rings. The van der Waals surface area contributed by atoms with Crippen LogP contribution in [0.5, 0.6) is 0 Å². The first-order valence-electron chi connectivity index (χ1n) is 6.99. The molecule has 8 heteroatoms. The van der Waals surface area contributed by atoms with Crippen LogP contribution in [0.1, 0.15) is 13.8 Å². The summed E-state index contributed by atoms with van der Waals surface area (Å²) in [6.07, 6.45) is 0.842. The van der Waals surface area contributed by atoms with E-state index in [4.69, 9.17) is 22.1 Å². The molecule has 0 N–H and O–H groups in total. The first-order valence-corrected chi connectivity index (χ1v) is 11.1. The van der Waals surface area contributed by atoms with Gasteiger partial charge in [-0.05, 0) is 19.1 Å². The van der Waals surface area contributed by atoms with Crippen molar-refractivity contribution in [2.24, 2.45) is 0 Å². The zero-order valence-corrected chi connectivity index (χ0v) is 16.0. The van der Waals surface area contributed by atoms with Gasteiger partial charge < -0.3 is 27.0 Å². The molecule has 0 unspecified atom stereocenters. The number of hydrogen-bond donors (Lipinski definition) is 0. The van der Waals surface area contributed by atoms with Gasteiger partial charge >= 0.3 is 17.4 Å². The summed E-state index contributed by atoms with van der Waals surface area (Å²) in [5, 5.41) is 0. The highest BCUT2D eigenvalue weighted by Crippen LogP contribution is 2.23. The van der Waals surface area contributed by atoms with Crippen molar-refractivity contribution in [1.29, 1.82) is 0 Å². The van der Waals surface area contributed by atoms with Crippen LogP contribution in [-0.4, -0.2) is 77.1 Å². The average Bonchev–Trinajstić information content (AvgIpc) is 2.52. The molecule has 0 amide bonds. The fourth-order valence-corrected chi connectivity index (χ4v) is 8.16. The topological polar surface area (TPSA) is 49.4 Å². The number of rotatable bonds is 12. The molecular formula is C12H31NO5Si2. The lowest BCUT2D eigenvalue weighted by Gasteiger charge is -2.34. The molecule has 122 valence electrons. The molecule has 0 bridgehead atoms. The summed E-state index contributed by atoms with van der Waals surface area (Å²) >= 11 is 0. The lowest BCUT2D eigenvalue weighted by Crippen LogP contribution is -2.53. The lowest BCUT2D eigenvalue weighted by molar-refractivity contribution is 0.123. The minimum atomic E-state index is -2.57. The second-order valence-electron chi connectivity index (χ2n) is 4.58. The maximum Gasteiger partial charge on any atom is 0.500 e. The Balaban J connectivity index is 4.83. The minimum absolute atomic E-state index is 0.700. The normalized spacial score (nSPS) is 13.2. The Kier molecular flexibility index (Phi) is 10.1. The van der Waals surface area contributed by atoms with E-state index in [1.165, 1.54) is 0 Å². The van der Waals surface area contributed by atoms with Gasteiger partial charge in [0.15, 0.2) is 0 Å². The third kappa shape index (κ3) is 5.53. The van der Waals surface area contributed by atoms with Crippen molar-refractivity contribution >= 4 is 17.4 Å². The highest BCUT2D eigenvalue weighted by Gasteiger charge is 2.45. The second kappa shape index (κ2) is 10.0. The molecule has 0 aliphatic carbocycles. The smallest absolute Gasteiger partial charge is 0.397 e. The van der Waals surface area contributed by atoms with E-state index in [1.807, 2.05) is 0 Å². The van der Waals surface area contributed by atoms with E-state index >= 15 is 0 Å². The highest BCUT2D eigenvalue weighted by atomic mass is 28.4. The standard InChI is InChI=1S/C12H31NO5Si2/c1-8-13(9-2)12-19(14-3,15-4)10-11-20(16-5,17-6)18-7/h8-12H2,1-7H3. The van der Waals surface area contributed by atoms with E-state index in [0.717, 1.165) is 25.3 Å². The van der Waals surface area contributed by atoms with E-state index in [0.29, 0.717) is 6.04 Å². The molecule has 0 aromatic heterocycles. The minimum Gasteiger partial charge on any atom is -0.397 e. The molecule has 0 saturated carbocycles. The summed E-state index contributed by atoms with van der Waals surface area (Å²) in [7, 11) is 3.49. The zero-order valence-electron chi connectivity index (χ0n) is 14.0. The molecule has 0 saturated heterocycles. The molecule has 0 aromatic carbocycles. The Morgan fingerprint density at radius 3 is 1.45 bits per heavy atom. The van der Waals surface area contributed by atoms with Crippen LogP contribution in [0.4, 0.5) is 0 Å². The van der Waals surface area contributed by atoms with Gasteiger partial charge in [0, 0.05) is 47.8 Å². The van der Waals surface area contributed by atoms with Gasteiger partial charge in [-0.15, -0.1) is 0 Å². The van der Waals surface area contributed by atoms with E-state index in [1.54, 1.807) is 35.5 Å². The third-order valence-electron chi connectivity index (χ3n) is 3.85. The van der Waals surface area contributed by atoms with Crippen molar-refractivity contribution in [2.45, 2.75) is 25.9 Å². The monoisotopic (exact) mass is 325 g/mol. The first-order chi connectivity index (χ1) is 9.50. The Labute approximate surface area is 125 Å². The van der Waals surface area contributed by atoms with E-state index in [2.05, 4.69) is 18.7 Å². The van der Waals surface area contributed by atoms with Crippen LogP contribution >= 0.6 is 0 Å². The molecule has 0 radical (unpaired) electrons. The summed E-state index contributed by atoms with van der Waals surface area (Å²) in [6.45, 7) is 6.26. The molecule has 0 spiro atoms. The van der Waals surface area contributed by atoms with Gasteiger partial charge in [0.05, 0.1) is 0 Å². The zero-order chi connectivity index (χ0) is 15.6. The van der Waals surface area contributed by atoms with E-state index in [-0.39, 0.29) is 0 Å². The van der Waals surface area contributed by atoms with Gasteiger partial charge in [-0.1, -0.05) is 13.8 Å². The van der Waals surface area contributed by atoms with Gasteiger partial charge in [-0.2, -0.15) is 0 Å². The SMILES string of the molecule is CCN(CC)C[Si](CC[Si](OC)(OC)OC)(OC)OC.